The van der Waals surface area contributed by atoms with Gasteiger partial charge in [0.2, 0.25) is 0 Å². The standard InChI is InChI=1S/C22H25N5O/c1-3-27(4-2)20-9-7-18(8-10-20)26-22(28)21-14-19(11-13-24-21)25-16-17-6-5-12-23-15-17/h5-15H,3-4,16H2,1-2H3,(H,24,25)(H,26,28). The molecule has 0 saturated heterocycles. The molecule has 0 aliphatic heterocycles. The molecule has 0 aliphatic carbocycles. The number of benzene rings is 1. The average Bonchev–Trinajstić information content (AvgIpc) is 2.75. The van der Waals surface area contributed by atoms with Crippen LogP contribution in [-0.4, -0.2) is 29.0 Å². The molecule has 0 unspecified atom stereocenters. The number of nitrogens with zero attached hydrogens (tertiary/aromatic N) is 3. The number of anilines is 3. The van der Waals surface area contributed by atoms with Gasteiger partial charge in [-0.2, -0.15) is 0 Å². The van der Waals surface area contributed by atoms with Gasteiger partial charge in [-0.25, -0.2) is 0 Å². The molecule has 0 bridgehead atoms. The zero-order valence-corrected chi connectivity index (χ0v) is 16.2. The number of nitrogens with one attached hydrogen (secondary N) is 2. The molecule has 3 rings (SSSR count). The van der Waals surface area contributed by atoms with Crippen LogP contribution in [0, 0.1) is 0 Å². The van der Waals surface area contributed by atoms with Gasteiger partial charge in [-0.05, 0) is 61.9 Å². The maximum Gasteiger partial charge on any atom is 0.274 e. The van der Waals surface area contributed by atoms with Gasteiger partial charge >= 0.3 is 0 Å². The van der Waals surface area contributed by atoms with Crippen molar-refractivity contribution >= 4 is 23.0 Å². The summed E-state index contributed by atoms with van der Waals surface area (Å²) in [5.74, 6) is -0.236. The van der Waals surface area contributed by atoms with E-state index in [1.165, 1.54) is 0 Å². The first-order chi connectivity index (χ1) is 13.7. The molecule has 3 aromatic rings. The largest absolute Gasteiger partial charge is 0.381 e. The van der Waals surface area contributed by atoms with Crippen molar-refractivity contribution in [3.63, 3.8) is 0 Å². The van der Waals surface area contributed by atoms with Crippen molar-refractivity contribution in [2.24, 2.45) is 0 Å². The summed E-state index contributed by atoms with van der Waals surface area (Å²) in [6, 6.07) is 15.3. The lowest BCUT2D eigenvalue weighted by molar-refractivity contribution is 0.102. The van der Waals surface area contributed by atoms with Gasteiger partial charge in [0.1, 0.15) is 5.69 Å². The van der Waals surface area contributed by atoms with Crippen molar-refractivity contribution in [3.8, 4) is 0 Å². The number of carbonyl (C=O) groups is 1. The average molecular weight is 375 g/mol. The second-order valence-corrected chi connectivity index (χ2v) is 6.32. The van der Waals surface area contributed by atoms with Crippen LogP contribution >= 0.6 is 0 Å². The highest BCUT2D eigenvalue weighted by Crippen LogP contribution is 2.18. The van der Waals surface area contributed by atoms with Gasteiger partial charge in [-0.1, -0.05) is 6.07 Å². The lowest BCUT2D eigenvalue weighted by atomic mass is 10.2. The molecule has 2 heterocycles. The summed E-state index contributed by atoms with van der Waals surface area (Å²) >= 11 is 0. The highest BCUT2D eigenvalue weighted by molar-refractivity contribution is 6.03. The molecule has 1 amide bonds. The zero-order chi connectivity index (χ0) is 19.8. The molecule has 0 fully saturated rings. The van der Waals surface area contributed by atoms with Crippen molar-refractivity contribution in [3.05, 3.63) is 78.4 Å². The summed E-state index contributed by atoms with van der Waals surface area (Å²) in [5.41, 5.74) is 4.16. The Morgan fingerprint density at radius 1 is 1.00 bits per heavy atom. The minimum Gasteiger partial charge on any atom is -0.381 e. The Morgan fingerprint density at radius 3 is 2.46 bits per heavy atom. The molecule has 144 valence electrons. The predicted molar refractivity (Wildman–Crippen MR) is 114 cm³/mol. The van der Waals surface area contributed by atoms with Crippen LogP contribution in [0.1, 0.15) is 29.9 Å². The zero-order valence-electron chi connectivity index (χ0n) is 16.2. The van der Waals surface area contributed by atoms with Crippen molar-refractivity contribution in [2.45, 2.75) is 20.4 Å². The number of amides is 1. The van der Waals surface area contributed by atoms with Crippen LogP contribution in [-0.2, 0) is 6.54 Å². The van der Waals surface area contributed by atoms with Gasteiger partial charge in [0.15, 0.2) is 0 Å². The van der Waals surface area contributed by atoms with Crippen LogP contribution in [0.3, 0.4) is 0 Å². The Labute approximate surface area is 165 Å². The van der Waals surface area contributed by atoms with E-state index in [0.29, 0.717) is 12.2 Å². The predicted octanol–water partition coefficient (Wildman–Crippen LogP) is 4.19. The van der Waals surface area contributed by atoms with E-state index in [4.69, 9.17) is 0 Å². The third-order valence-electron chi connectivity index (χ3n) is 4.47. The fraction of sp³-hybridized carbons (Fsp3) is 0.227. The summed E-state index contributed by atoms with van der Waals surface area (Å²) < 4.78 is 0. The van der Waals surface area contributed by atoms with Crippen LogP contribution in [0.4, 0.5) is 17.1 Å². The van der Waals surface area contributed by atoms with E-state index in [1.54, 1.807) is 18.5 Å². The third kappa shape index (κ3) is 5.07. The van der Waals surface area contributed by atoms with Crippen LogP contribution < -0.4 is 15.5 Å². The molecule has 2 aromatic heterocycles. The van der Waals surface area contributed by atoms with E-state index in [-0.39, 0.29) is 5.91 Å². The second kappa shape index (κ2) is 9.50. The van der Waals surface area contributed by atoms with Gasteiger partial charge in [0.05, 0.1) is 0 Å². The van der Waals surface area contributed by atoms with Crippen molar-refractivity contribution in [1.82, 2.24) is 9.97 Å². The molecular weight excluding hydrogens is 350 g/mol. The van der Waals surface area contributed by atoms with Crippen molar-refractivity contribution in [1.29, 1.82) is 0 Å². The van der Waals surface area contributed by atoms with Gasteiger partial charge in [0.25, 0.3) is 5.91 Å². The number of hydrogen-bond acceptors (Lipinski definition) is 5. The lowest BCUT2D eigenvalue weighted by Gasteiger charge is -2.21. The van der Waals surface area contributed by atoms with Crippen LogP contribution in [0.5, 0.6) is 0 Å². The first-order valence-electron chi connectivity index (χ1n) is 9.44. The van der Waals surface area contributed by atoms with E-state index < -0.39 is 0 Å². The maximum absolute atomic E-state index is 12.5. The van der Waals surface area contributed by atoms with Crippen LogP contribution in [0.2, 0.25) is 0 Å². The highest BCUT2D eigenvalue weighted by atomic mass is 16.1. The van der Waals surface area contributed by atoms with Crippen molar-refractivity contribution in [2.75, 3.05) is 28.6 Å². The lowest BCUT2D eigenvalue weighted by Crippen LogP contribution is -2.21. The third-order valence-corrected chi connectivity index (χ3v) is 4.47. The molecular formula is C22H25N5O. The van der Waals surface area contributed by atoms with Gasteiger partial charge in [-0.3, -0.25) is 14.8 Å². The summed E-state index contributed by atoms with van der Waals surface area (Å²) in [5, 5.41) is 6.19. The molecule has 0 atom stereocenters. The topological polar surface area (TPSA) is 70.2 Å². The molecule has 6 heteroatoms. The summed E-state index contributed by atoms with van der Waals surface area (Å²) in [4.78, 5) is 23.1. The molecule has 1 aromatic carbocycles. The molecule has 0 saturated carbocycles. The summed E-state index contributed by atoms with van der Waals surface area (Å²) in [6.07, 6.45) is 5.18. The van der Waals surface area contributed by atoms with Gasteiger partial charge in [-0.15, -0.1) is 0 Å². The summed E-state index contributed by atoms with van der Waals surface area (Å²) in [7, 11) is 0. The molecule has 2 N–H and O–H groups in total. The molecule has 28 heavy (non-hydrogen) atoms. The fourth-order valence-electron chi connectivity index (χ4n) is 2.91. The van der Waals surface area contributed by atoms with Gasteiger partial charge in [0, 0.05) is 55.3 Å². The van der Waals surface area contributed by atoms with Crippen LogP contribution in [0.15, 0.2) is 67.1 Å². The first-order valence-corrected chi connectivity index (χ1v) is 9.44. The molecule has 0 radical (unpaired) electrons. The number of hydrogen-bond donors (Lipinski definition) is 2. The Hall–Kier alpha value is -3.41. The Bertz CT molecular complexity index is 892. The Balaban J connectivity index is 1.62. The highest BCUT2D eigenvalue weighted by Gasteiger charge is 2.09. The van der Waals surface area contributed by atoms with E-state index in [0.717, 1.165) is 35.7 Å². The number of pyridine rings is 2. The van der Waals surface area contributed by atoms with E-state index in [1.807, 2.05) is 48.7 Å². The maximum atomic E-state index is 12.5. The minimum absolute atomic E-state index is 0.236. The smallest absolute Gasteiger partial charge is 0.274 e. The van der Waals surface area contributed by atoms with Crippen molar-refractivity contribution < 1.29 is 4.79 Å². The molecule has 6 nitrogen and oxygen atoms in total. The monoisotopic (exact) mass is 375 g/mol. The quantitative estimate of drug-likeness (QED) is 0.618. The van der Waals surface area contributed by atoms with E-state index in [2.05, 4.69) is 39.3 Å². The SMILES string of the molecule is CCN(CC)c1ccc(NC(=O)c2cc(NCc3cccnc3)ccn2)cc1. The Kier molecular flexibility index (Phi) is 6.57. The first kappa shape index (κ1) is 19.4. The van der Waals surface area contributed by atoms with E-state index >= 15 is 0 Å². The number of carbonyl (C=O) groups excluding carboxylic acids is 1. The second-order valence-electron chi connectivity index (χ2n) is 6.32. The fourth-order valence-corrected chi connectivity index (χ4v) is 2.91. The number of rotatable bonds is 8. The van der Waals surface area contributed by atoms with Gasteiger partial charge < -0.3 is 15.5 Å². The van der Waals surface area contributed by atoms with E-state index in [9.17, 15) is 4.79 Å². The minimum atomic E-state index is -0.236. The number of aromatic nitrogens is 2. The van der Waals surface area contributed by atoms with Crippen LogP contribution in [0.25, 0.3) is 0 Å². The molecule has 0 spiro atoms. The molecule has 0 aliphatic rings. The Morgan fingerprint density at radius 2 is 1.79 bits per heavy atom. The normalized spacial score (nSPS) is 10.4. The summed E-state index contributed by atoms with van der Waals surface area (Å²) in [6.45, 7) is 6.78.